The number of nitrogens with one attached hydrogen (secondary N) is 1. The minimum absolute atomic E-state index is 0.257. The fourth-order valence-electron chi connectivity index (χ4n) is 1.81. The summed E-state index contributed by atoms with van der Waals surface area (Å²) in [4.78, 5) is 12.3. The standard InChI is InChI=1S/C15H19N3O3S/c1-5-9(2)14-17-18-15(22-14)16-13(19)10-6-7-11(20-3)12(8-10)21-4/h6-9H,5H2,1-4H3,(H,16,18,19). The number of amides is 1. The molecule has 1 atom stereocenters. The van der Waals surface area contributed by atoms with Gasteiger partial charge in [0.15, 0.2) is 11.5 Å². The van der Waals surface area contributed by atoms with Crippen LogP contribution in [-0.2, 0) is 0 Å². The third-order valence-corrected chi connectivity index (χ3v) is 4.41. The predicted octanol–water partition coefficient (Wildman–Crippen LogP) is 3.32. The highest BCUT2D eigenvalue weighted by molar-refractivity contribution is 7.15. The van der Waals surface area contributed by atoms with E-state index in [1.807, 2.05) is 0 Å². The van der Waals surface area contributed by atoms with Gasteiger partial charge in [0.05, 0.1) is 14.2 Å². The van der Waals surface area contributed by atoms with Gasteiger partial charge in [0.25, 0.3) is 5.91 Å². The fraction of sp³-hybridized carbons (Fsp3) is 0.400. The van der Waals surface area contributed by atoms with E-state index in [1.54, 1.807) is 25.3 Å². The molecule has 1 N–H and O–H groups in total. The Hall–Kier alpha value is -2.15. The average molecular weight is 321 g/mol. The Morgan fingerprint density at radius 3 is 2.64 bits per heavy atom. The minimum atomic E-state index is -0.257. The molecule has 0 aliphatic rings. The molecule has 1 heterocycles. The van der Waals surface area contributed by atoms with Crippen molar-refractivity contribution < 1.29 is 14.3 Å². The van der Waals surface area contributed by atoms with Crippen LogP contribution in [0.5, 0.6) is 11.5 Å². The monoisotopic (exact) mass is 321 g/mol. The summed E-state index contributed by atoms with van der Waals surface area (Å²) in [6, 6.07) is 5.00. The number of hydrogen-bond donors (Lipinski definition) is 1. The molecule has 0 aliphatic heterocycles. The van der Waals surface area contributed by atoms with E-state index in [-0.39, 0.29) is 5.91 Å². The zero-order chi connectivity index (χ0) is 16.1. The molecule has 2 rings (SSSR count). The molecule has 1 amide bonds. The maximum Gasteiger partial charge on any atom is 0.257 e. The lowest BCUT2D eigenvalue weighted by molar-refractivity contribution is 0.102. The topological polar surface area (TPSA) is 73.3 Å². The number of rotatable bonds is 6. The van der Waals surface area contributed by atoms with Crippen molar-refractivity contribution in [3.05, 3.63) is 28.8 Å². The maximum absolute atomic E-state index is 12.3. The number of anilines is 1. The first kappa shape index (κ1) is 16.2. The first-order valence-electron chi connectivity index (χ1n) is 6.95. The summed E-state index contributed by atoms with van der Waals surface area (Å²) in [5, 5.41) is 12.3. The van der Waals surface area contributed by atoms with Crippen LogP contribution in [0.3, 0.4) is 0 Å². The molecule has 118 valence electrons. The van der Waals surface area contributed by atoms with Crippen LogP contribution in [0, 0.1) is 0 Å². The van der Waals surface area contributed by atoms with Gasteiger partial charge in [-0.2, -0.15) is 0 Å². The van der Waals surface area contributed by atoms with Gasteiger partial charge >= 0.3 is 0 Å². The molecule has 0 spiro atoms. The van der Waals surface area contributed by atoms with Crippen molar-refractivity contribution in [3.63, 3.8) is 0 Å². The maximum atomic E-state index is 12.3. The van der Waals surface area contributed by atoms with Crippen LogP contribution in [0.1, 0.15) is 41.6 Å². The lowest BCUT2D eigenvalue weighted by atomic mass is 10.1. The van der Waals surface area contributed by atoms with Gasteiger partial charge < -0.3 is 9.47 Å². The summed E-state index contributed by atoms with van der Waals surface area (Å²) >= 11 is 1.40. The summed E-state index contributed by atoms with van der Waals surface area (Å²) in [5.74, 6) is 1.17. The van der Waals surface area contributed by atoms with Gasteiger partial charge in [0, 0.05) is 11.5 Å². The molecule has 1 unspecified atom stereocenters. The molecule has 0 saturated carbocycles. The van der Waals surface area contributed by atoms with E-state index in [1.165, 1.54) is 18.4 Å². The molecule has 0 saturated heterocycles. The number of carbonyl (C=O) groups excluding carboxylic acids is 1. The van der Waals surface area contributed by atoms with Gasteiger partial charge in [-0.15, -0.1) is 10.2 Å². The van der Waals surface area contributed by atoms with Gasteiger partial charge in [0.1, 0.15) is 5.01 Å². The zero-order valence-corrected chi connectivity index (χ0v) is 13.9. The largest absolute Gasteiger partial charge is 0.493 e. The molecule has 7 heteroatoms. The Bertz CT molecular complexity index is 657. The molecule has 0 aliphatic carbocycles. The smallest absolute Gasteiger partial charge is 0.257 e. The van der Waals surface area contributed by atoms with Crippen molar-refractivity contribution >= 4 is 22.4 Å². The number of hydrogen-bond acceptors (Lipinski definition) is 6. The van der Waals surface area contributed by atoms with Gasteiger partial charge in [0.2, 0.25) is 5.13 Å². The second-order valence-corrected chi connectivity index (χ2v) is 5.79. The molecule has 0 bridgehead atoms. The van der Waals surface area contributed by atoms with E-state index in [2.05, 4.69) is 29.4 Å². The number of carbonyl (C=O) groups is 1. The third-order valence-electron chi connectivity index (χ3n) is 3.34. The number of benzene rings is 1. The van der Waals surface area contributed by atoms with Crippen molar-refractivity contribution in [3.8, 4) is 11.5 Å². The van der Waals surface area contributed by atoms with E-state index < -0.39 is 0 Å². The number of aromatic nitrogens is 2. The summed E-state index contributed by atoms with van der Waals surface area (Å²) in [6.07, 6.45) is 0.984. The third kappa shape index (κ3) is 3.54. The molecule has 2 aromatic rings. The Morgan fingerprint density at radius 1 is 1.27 bits per heavy atom. The van der Waals surface area contributed by atoms with Crippen molar-refractivity contribution in [2.75, 3.05) is 19.5 Å². The summed E-state index contributed by atoms with van der Waals surface area (Å²) < 4.78 is 10.4. The molecule has 22 heavy (non-hydrogen) atoms. The normalized spacial score (nSPS) is 11.8. The SMILES string of the molecule is CCC(C)c1nnc(NC(=O)c2ccc(OC)c(OC)c2)s1. The van der Waals surface area contributed by atoms with Crippen LogP contribution in [0.15, 0.2) is 18.2 Å². The van der Waals surface area contributed by atoms with Crippen LogP contribution in [0.25, 0.3) is 0 Å². The van der Waals surface area contributed by atoms with Crippen LogP contribution in [-0.4, -0.2) is 30.3 Å². The van der Waals surface area contributed by atoms with Crippen LogP contribution < -0.4 is 14.8 Å². The van der Waals surface area contributed by atoms with Crippen molar-refractivity contribution in [2.24, 2.45) is 0 Å². The van der Waals surface area contributed by atoms with Crippen molar-refractivity contribution in [1.29, 1.82) is 0 Å². The Balaban J connectivity index is 2.13. The molecular formula is C15H19N3O3S. The van der Waals surface area contributed by atoms with E-state index in [0.717, 1.165) is 11.4 Å². The molecule has 0 fully saturated rings. The predicted molar refractivity (Wildman–Crippen MR) is 86.1 cm³/mol. The van der Waals surface area contributed by atoms with E-state index in [0.29, 0.717) is 28.1 Å². The summed E-state index contributed by atoms with van der Waals surface area (Å²) in [6.45, 7) is 4.18. The Morgan fingerprint density at radius 2 is 2.00 bits per heavy atom. The van der Waals surface area contributed by atoms with Crippen LogP contribution in [0.4, 0.5) is 5.13 Å². The highest BCUT2D eigenvalue weighted by atomic mass is 32.1. The van der Waals surface area contributed by atoms with Gasteiger partial charge in [-0.25, -0.2) is 0 Å². The Kier molecular flexibility index (Phi) is 5.32. The first-order chi connectivity index (χ1) is 10.6. The molecule has 0 radical (unpaired) electrons. The lowest BCUT2D eigenvalue weighted by Crippen LogP contribution is -2.12. The van der Waals surface area contributed by atoms with Gasteiger partial charge in [-0.3, -0.25) is 10.1 Å². The molecule has 1 aromatic heterocycles. The lowest BCUT2D eigenvalue weighted by Gasteiger charge is -2.09. The van der Waals surface area contributed by atoms with E-state index >= 15 is 0 Å². The number of methoxy groups -OCH3 is 2. The van der Waals surface area contributed by atoms with Gasteiger partial charge in [-0.1, -0.05) is 25.2 Å². The first-order valence-corrected chi connectivity index (χ1v) is 7.77. The second-order valence-electron chi connectivity index (χ2n) is 4.78. The Labute approximate surface area is 133 Å². The quantitative estimate of drug-likeness (QED) is 0.883. The van der Waals surface area contributed by atoms with E-state index in [9.17, 15) is 4.79 Å². The second kappa shape index (κ2) is 7.22. The summed E-state index contributed by atoms with van der Waals surface area (Å²) in [7, 11) is 3.08. The molecular weight excluding hydrogens is 302 g/mol. The highest BCUT2D eigenvalue weighted by Crippen LogP contribution is 2.29. The average Bonchev–Trinajstić information content (AvgIpc) is 3.01. The van der Waals surface area contributed by atoms with Crippen LogP contribution in [0.2, 0.25) is 0 Å². The number of ether oxygens (including phenoxy) is 2. The molecule has 6 nitrogen and oxygen atoms in total. The van der Waals surface area contributed by atoms with Crippen molar-refractivity contribution in [1.82, 2.24) is 10.2 Å². The minimum Gasteiger partial charge on any atom is -0.493 e. The van der Waals surface area contributed by atoms with Crippen molar-refractivity contribution in [2.45, 2.75) is 26.2 Å². The van der Waals surface area contributed by atoms with Crippen LogP contribution >= 0.6 is 11.3 Å². The van der Waals surface area contributed by atoms with Gasteiger partial charge in [-0.05, 0) is 24.6 Å². The van der Waals surface area contributed by atoms with E-state index in [4.69, 9.17) is 9.47 Å². The highest BCUT2D eigenvalue weighted by Gasteiger charge is 2.15. The zero-order valence-electron chi connectivity index (χ0n) is 13.0. The number of nitrogens with zero attached hydrogens (tertiary/aromatic N) is 2. The molecule has 1 aromatic carbocycles. The fourth-order valence-corrected chi connectivity index (χ4v) is 2.68. The summed E-state index contributed by atoms with van der Waals surface area (Å²) in [5.41, 5.74) is 0.470.